The summed E-state index contributed by atoms with van der Waals surface area (Å²) < 4.78 is 23.1. The molecule has 188 valence electrons. The summed E-state index contributed by atoms with van der Waals surface area (Å²) in [6, 6.07) is 0. The number of rotatable bonds is 4. The Morgan fingerprint density at radius 3 is 2.35 bits per heavy atom. The lowest BCUT2D eigenvalue weighted by atomic mass is 9.46. The van der Waals surface area contributed by atoms with Crippen LogP contribution < -0.4 is 0 Å². The molecule has 5 rings (SSSR count). The first-order valence-electron chi connectivity index (χ1n) is 12.9. The Bertz CT molecular complexity index is 918. The average molecular weight is 475 g/mol. The third kappa shape index (κ3) is 3.41. The van der Waals surface area contributed by atoms with Crippen molar-refractivity contribution in [2.45, 2.75) is 90.4 Å². The minimum absolute atomic E-state index is 0.110. The van der Waals surface area contributed by atoms with Gasteiger partial charge in [-0.2, -0.15) is 0 Å². The number of hydrogen-bond acceptors (Lipinski definition) is 7. The largest absolute Gasteiger partial charge is 0.458 e. The van der Waals surface area contributed by atoms with Gasteiger partial charge in [-0.3, -0.25) is 14.4 Å². The molecule has 3 saturated carbocycles. The van der Waals surface area contributed by atoms with Crippen LogP contribution in [0.15, 0.2) is 11.6 Å². The number of fused-ring (bicyclic) bond motifs is 5. The molecule has 7 heteroatoms. The van der Waals surface area contributed by atoms with Gasteiger partial charge in [-0.1, -0.05) is 25.5 Å². The van der Waals surface area contributed by atoms with E-state index in [1.165, 1.54) is 19.4 Å². The summed E-state index contributed by atoms with van der Waals surface area (Å²) in [5.74, 6) is -0.425. The highest BCUT2D eigenvalue weighted by Gasteiger charge is 2.68. The fraction of sp³-hybridized carbons (Fsp3) is 0.815. The Morgan fingerprint density at radius 2 is 1.68 bits per heavy atom. The minimum Gasteiger partial charge on any atom is -0.458 e. The van der Waals surface area contributed by atoms with Crippen LogP contribution in [0.3, 0.4) is 0 Å². The van der Waals surface area contributed by atoms with E-state index >= 15 is 0 Å². The van der Waals surface area contributed by atoms with E-state index in [-0.39, 0.29) is 23.7 Å². The number of carbonyl (C=O) groups is 3. The normalized spacial score (nSPS) is 42.2. The maximum Gasteiger partial charge on any atom is 0.303 e. The molecule has 4 aliphatic carbocycles. The topological polar surface area (TPSA) is 88.1 Å². The fourth-order valence-electron chi connectivity index (χ4n) is 8.56. The molecule has 0 N–H and O–H groups in total. The van der Waals surface area contributed by atoms with Crippen molar-refractivity contribution in [3.63, 3.8) is 0 Å². The quantitative estimate of drug-likeness (QED) is 0.447. The van der Waals surface area contributed by atoms with E-state index in [1.54, 1.807) is 0 Å². The smallest absolute Gasteiger partial charge is 0.303 e. The average Bonchev–Trinajstić information content (AvgIpc) is 3.35. The highest BCUT2D eigenvalue weighted by Crippen LogP contribution is 2.68. The van der Waals surface area contributed by atoms with E-state index in [0.29, 0.717) is 31.5 Å². The van der Waals surface area contributed by atoms with Crippen LogP contribution in [0.25, 0.3) is 0 Å². The van der Waals surface area contributed by atoms with Gasteiger partial charge in [-0.25, -0.2) is 0 Å². The summed E-state index contributed by atoms with van der Waals surface area (Å²) in [6.45, 7) is 8.21. The van der Waals surface area contributed by atoms with Crippen LogP contribution in [0.4, 0.5) is 0 Å². The maximum absolute atomic E-state index is 13.5. The molecule has 0 unspecified atom stereocenters. The zero-order chi connectivity index (χ0) is 24.4. The van der Waals surface area contributed by atoms with Gasteiger partial charge in [0.05, 0.1) is 13.2 Å². The first-order chi connectivity index (χ1) is 16.1. The highest BCUT2D eigenvalue weighted by molar-refractivity contribution is 5.93. The first-order valence-corrected chi connectivity index (χ1v) is 12.9. The molecule has 0 aromatic rings. The molecule has 0 radical (unpaired) electrons. The molecule has 6 atom stereocenters. The summed E-state index contributed by atoms with van der Waals surface area (Å²) in [6.07, 6.45) is 9.36. The van der Waals surface area contributed by atoms with Crippen LogP contribution in [-0.4, -0.2) is 48.9 Å². The van der Waals surface area contributed by atoms with Gasteiger partial charge in [0.2, 0.25) is 5.78 Å². The zero-order valence-electron chi connectivity index (χ0n) is 20.9. The van der Waals surface area contributed by atoms with E-state index in [2.05, 4.69) is 19.9 Å². The SMILES string of the molecule is CC(=O)OCC(=O)[C@@]1(OC(C)=O)CC[C@H]2[C@@H]3CC=C4CC5(CC[C@]4(C)[C@H]3CC[C@@]21C)OCCO5. The molecule has 1 saturated heterocycles. The molecular weight excluding hydrogens is 436 g/mol. The van der Waals surface area contributed by atoms with Crippen LogP contribution in [0.2, 0.25) is 0 Å². The van der Waals surface area contributed by atoms with Crippen LogP contribution in [0, 0.1) is 28.6 Å². The van der Waals surface area contributed by atoms with E-state index in [1.807, 2.05) is 0 Å². The van der Waals surface area contributed by atoms with Crippen LogP contribution in [-0.2, 0) is 33.3 Å². The monoisotopic (exact) mass is 474 g/mol. The number of hydrogen-bond donors (Lipinski definition) is 0. The molecule has 0 aromatic carbocycles. The second kappa shape index (κ2) is 8.16. The molecule has 7 nitrogen and oxygen atoms in total. The Morgan fingerprint density at radius 1 is 0.971 bits per heavy atom. The number of ketones is 1. The highest BCUT2D eigenvalue weighted by atomic mass is 16.7. The standard InChI is InChI=1S/C27H38O7/c1-17(28)31-16-23(30)27(34-18(2)29)10-8-22-20-6-5-19-15-26(32-13-14-33-26)12-11-24(19,3)21(20)7-9-25(22,27)4/h5,20-22H,6-16H2,1-4H3/t20-,21+,22+,24+,25+,27+/m1/s1. The third-order valence-electron chi connectivity index (χ3n) is 10.2. The van der Waals surface area contributed by atoms with Crippen LogP contribution >= 0.6 is 0 Å². The fourth-order valence-corrected chi connectivity index (χ4v) is 8.56. The first kappa shape index (κ1) is 24.0. The molecule has 0 amide bonds. The molecule has 1 aliphatic heterocycles. The molecule has 1 spiro atoms. The summed E-state index contributed by atoms with van der Waals surface area (Å²) >= 11 is 0. The van der Waals surface area contributed by atoms with Crippen molar-refractivity contribution >= 4 is 17.7 Å². The van der Waals surface area contributed by atoms with E-state index in [9.17, 15) is 14.4 Å². The molecule has 5 aliphatic rings. The van der Waals surface area contributed by atoms with Crippen LogP contribution in [0.5, 0.6) is 0 Å². The lowest BCUT2D eigenvalue weighted by Crippen LogP contribution is -2.60. The number of Topliss-reactive ketones (excluding diaryl/α,β-unsaturated/α-hetero) is 1. The van der Waals surface area contributed by atoms with E-state index < -0.39 is 28.7 Å². The Kier molecular flexibility index (Phi) is 5.75. The Hall–Kier alpha value is -1.73. The van der Waals surface area contributed by atoms with Gasteiger partial charge in [0.25, 0.3) is 0 Å². The third-order valence-corrected chi connectivity index (χ3v) is 10.2. The lowest BCUT2D eigenvalue weighted by molar-refractivity contribution is -0.196. The molecule has 1 heterocycles. The molecule has 0 bridgehead atoms. The molecular formula is C27H38O7. The summed E-state index contributed by atoms with van der Waals surface area (Å²) in [7, 11) is 0. The van der Waals surface area contributed by atoms with E-state index in [4.69, 9.17) is 18.9 Å². The molecule has 4 fully saturated rings. The maximum atomic E-state index is 13.5. The minimum atomic E-state index is -1.23. The number of carbonyl (C=O) groups excluding carboxylic acids is 3. The molecule has 0 aromatic heterocycles. The lowest BCUT2D eigenvalue weighted by Gasteiger charge is -2.59. The van der Waals surface area contributed by atoms with Gasteiger partial charge in [0.15, 0.2) is 18.0 Å². The van der Waals surface area contributed by atoms with Crippen molar-refractivity contribution in [2.24, 2.45) is 28.6 Å². The van der Waals surface area contributed by atoms with Crippen molar-refractivity contribution in [1.29, 1.82) is 0 Å². The molecule has 34 heavy (non-hydrogen) atoms. The van der Waals surface area contributed by atoms with Crippen molar-refractivity contribution in [1.82, 2.24) is 0 Å². The van der Waals surface area contributed by atoms with Gasteiger partial charge in [0.1, 0.15) is 0 Å². The van der Waals surface area contributed by atoms with Crippen molar-refractivity contribution in [2.75, 3.05) is 19.8 Å². The van der Waals surface area contributed by atoms with Crippen molar-refractivity contribution < 1.29 is 33.3 Å². The van der Waals surface area contributed by atoms with Crippen molar-refractivity contribution in [3.8, 4) is 0 Å². The Labute approximate surface area is 201 Å². The number of allylic oxidation sites excluding steroid dienone is 1. The zero-order valence-corrected chi connectivity index (χ0v) is 20.9. The van der Waals surface area contributed by atoms with E-state index in [0.717, 1.165) is 44.9 Å². The number of esters is 2. The second-order valence-corrected chi connectivity index (χ2v) is 11.7. The second-order valence-electron chi connectivity index (χ2n) is 11.7. The predicted octanol–water partition coefficient (Wildman–Crippen LogP) is 4.13. The van der Waals surface area contributed by atoms with Gasteiger partial charge in [-0.15, -0.1) is 0 Å². The summed E-state index contributed by atoms with van der Waals surface area (Å²) in [5.41, 5.74) is -0.108. The summed E-state index contributed by atoms with van der Waals surface area (Å²) in [5, 5.41) is 0. The van der Waals surface area contributed by atoms with Gasteiger partial charge in [-0.05, 0) is 61.7 Å². The Balaban J connectivity index is 1.44. The van der Waals surface area contributed by atoms with Crippen molar-refractivity contribution in [3.05, 3.63) is 11.6 Å². The van der Waals surface area contributed by atoms with Gasteiger partial charge < -0.3 is 18.9 Å². The number of ether oxygens (including phenoxy) is 4. The van der Waals surface area contributed by atoms with Gasteiger partial charge >= 0.3 is 11.9 Å². The summed E-state index contributed by atoms with van der Waals surface area (Å²) in [4.78, 5) is 37.1. The van der Waals surface area contributed by atoms with Gasteiger partial charge in [0, 0.05) is 32.1 Å². The van der Waals surface area contributed by atoms with Crippen LogP contribution in [0.1, 0.15) is 79.1 Å². The predicted molar refractivity (Wildman–Crippen MR) is 122 cm³/mol.